The first-order valence-corrected chi connectivity index (χ1v) is 9.54. The highest BCUT2D eigenvalue weighted by Gasteiger charge is 2.21. The van der Waals surface area contributed by atoms with Crippen molar-refractivity contribution in [3.63, 3.8) is 0 Å². The maximum Gasteiger partial charge on any atom is 0.264 e. The average molecular weight is 348 g/mol. The molecule has 1 amide bonds. The first-order valence-electron chi connectivity index (χ1n) is 8.06. The molecule has 1 fully saturated rings. The van der Waals surface area contributed by atoms with Crippen molar-refractivity contribution in [1.82, 2.24) is 9.71 Å². The molecule has 1 aliphatic carbocycles. The number of carbonyl (C=O) groups is 1. The molecule has 0 aliphatic heterocycles. The standard InChI is InChI=1S/C17H20N2O4S/c20-17(12-23-14-6-2-1-3-7-14)19-24(21,22)16-8-4-5-13-11-18-10-9-15(13)16/h4-5,8-11,14H,1-3,6-7,12H2,(H,19,20). The molecule has 3 rings (SSSR count). The van der Waals surface area contributed by atoms with E-state index in [4.69, 9.17) is 4.74 Å². The lowest BCUT2D eigenvalue weighted by molar-refractivity contribution is -0.126. The predicted octanol–water partition coefficient (Wildman–Crippen LogP) is 2.39. The van der Waals surface area contributed by atoms with Gasteiger partial charge in [0.05, 0.1) is 11.0 Å². The third-order valence-corrected chi connectivity index (χ3v) is 5.61. The van der Waals surface area contributed by atoms with Gasteiger partial charge in [-0.15, -0.1) is 0 Å². The van der Waals surface area contributed by atoms with Crippen molar-refractivity contribution in [3.8, 4) is 0 Å². The lowest BCUT2D eigenvalue weighted by atomic mass is 9.98. The molecule has 6 nitrogen and oxygen atoms in total. The van der Waals surface area contributed by atoms with Crippen molar-refractivity contribution >= 4 is 26.7 Å². The Hall–Kier alpha value is -1.99. The topological polar surface area (TPSA) is 85.4 Å². The number of ether oxygens (including phenoxy) is 1. The molecule has 24 heavy (non-hydrogen) atoms. The number of rotatable bonds is 5. The van der Waals surface area contributed by atoms with Crippen LogP contribution in [0.2, 0.25) is 0 Å². The van der Waals surface area contributed by atoms with Gasteiger partial charge in [0.2, 0.25) is 0 Å². The summed E-state index contributed by atoms with van der Waals surface area (Å²) in [4.78, 5) is 16.0. The molecule has 1 saturated carbocycles. The van der Waals surface area contributed by atoms with Gasteiger partial charge in [-0.2, -0.15) is 0 Å². The van der Waals surface area contributed by atoms with Crippen LogP contribution in [0.4, 0.5) is 0 Å². The molecule has 7 heteroatoms. The zero-order chi connectivity index (χ0) is 17.0. The van der Waals surface area contributed by atoms with Crippen molar-refractivity contribution in [3.05, 3.63) is 36.7 Å². The number of amides is 1. The smallest absolute Gasteiger partial charge is 0.264 e. The molecular weight excluding hydrogens is 328 g/mol. The maximum absolute atomic E-state index is 12.5. The second kappa shape index (κ2) is 7.27. The van der Waals surface area contributed by atoms with Crippen LogP contribution >= 0.6 is 0 Å². The highest BCUT2D eigenvalue weighted by molar-refractivity contribution is 7.90. The Morgan fingerprint density at radius 2 is 2.00 bits per heavy atom. The minimum atomic E-state index is -3.95. The Balaban J connectivity index is 1.69. The second-order valence-corrected chi connectivity index (χ2v) is 7.60. The van der Waals surface area contributed by atoms with E-state index in [1.54, 1.807) is 24.4 Å². The van der Waals surface area contributed by atoms with Gasteiger partial charge in [0.15, 0.2) is 0 Å². The normalized spacial score (nSPS) is 16.2. The maximum atomic E-state index is 12.5. The van der Waals surface area contributed by atoms with Crippen molar-refractivity contribution in [2.75, 3.05) is 6.61 Å². The molecule has 128 valence electrons. The molecule has 1 N–H and O–H groups in total. The van der Waals surface area contributed by atoms with E-state index < -0.39 is 15.9 Å². The number of hydrogen-bond donors (Lipinski definition) is 1. The number of sulfonamides is 1. The summed E-state index contributed by atoms with van der Waals surface area (Å²) in [7, 11) is -3.95. The Kier molecular flexibility index (Phi) is 5.11. The van der Waals surface area contributed by atoms with Crippen LogP contribution in [-0.2, 0) is 19.6 Å². The van der Waals surface area contributed by atoms with Gasteiger partial charge in [-0.25, -0.2) is 13.1 Å². The van der Waals surface area contributed by atoms with Gasteiger partial charge >= 0.3 is 0 Å². The van der Waals surface area contributed by atoms with Gasteiger partial charge in [-0.1, -0.05) is 31.4 Å². The van der Waals surface area contributed by atoms with Gasteiger partial charge in [-0.05, 0) is 25.0 Å². The number of hydrogen-bond acceptors (Lipinski definition) is 5. The third kappa shape index (κ3) is 3.91. The molecule has 0 atom stereocenters. The Morgan fingerprint density at radius 1 is 1.21 bits per heavy atom. The molecular formula is C17H20N2O4S. The van der Waals surface area contributed by atoms with Gasteiger partial charge in [-0.3, -0.25) is 9.78 Å². The lowest BCUT2D eigenvalue weighted by Crippen LogP contribution is -2.35. The monoisotopic (exact) mass is 348 g/mol. The van der Waals surface area contributed by atoms with Gasteiger partial charge < -0.3 is 4.74 Å². The van der Waals surface area contributed by atoms with Crippen LogP contribution in [0, 0.1) is 0 Å². The number of nitrogens with one attached hydrogen (secondary N) is 1. The van der Waals surface area contributed by atoms with Crippen LogP contribution in [0.1, 0.15) is 32.1 Å². The van der Waals surface area contributed by atoms with Crippen molar-refractivity contribution in [2.24, 2.45) is 0 Å². The minimum absolute atomic E-state index is 0.0517. The van der Waals surface area contributed by atoms with E-state index >= 15 is 0 Å². The highest BCUT2D eigenvalue weighted by atomic mass is 32.2. The summed E-state index contributed by atoms with van der Waals surface area (Å²) >= 11 is 0. The molecule has 1 aromatic carbocycles. The van der Waals surface area contributed by atoms with Crippen molar-refractivity contribution in [2.45, 2.75) is 43.1 Å². The van der Waals surface area contributed by atoms with Crippen LogP contribution < -0.4 is 4.72 Å². The predicted molar refractivity (Wildman–Crippen MR) is 89.9 cm³/mol. The zero-order valence-corrected chi connectivity index (χ0v) is 14.1. The second-order valence-electron chi connectivity index (χ2n) is 5.95. The van der Waals surface area contributed by atoms with Gasteiger partial charge in [0, 0.05) is 23.2 Å². The highest BCUT2D eigenvalue weighted by Crippen LogP contribution is 2.22. The van der Waals surface area contributed by atoms with E-state index in [-0.39, 0.29) is 17.6 Å². The molecule has 0 unspecified atom stereocenters. The summed E-state index contributed by atoms with van der Waals surface area (Å²) in [6.07, 6.45) is 8.39. The minimum Gasteiger partial charge on any atom is -0.368 e. The molecule has 1 heterocycles. The number of aromatic nitrogens is 1. The van der Waals surface area contributed by atoms with E-state index in [1.165, 1.54) is 18.7 Å². The van der Waals surface area contributed by atoms with Crippen LogP contribution in [0.25, 0.3) is 10.8 Å². The first-order chi connectivity index (χ1) is 11.6. The molecule has 0 spiro atoms. The summed E-state index contributed by atoms with van der Waals surface area (Å²) in [6.45, 7) is -0.240. The molecule has 0 saturated heterocycles. The Bertz CT molecular complexity index is 824. The van der Waals surface area contributed by atoms with E-state index in [0.29, 0.717) is 10.8 Å². The van der Waals surface area contributed by atoms with E-state index in [9.17, 15) is 13.2 Å². The number of carbonyl (C=O) groups excluding carboxylic acids is 1. The molecule has 2 aromatic rings. The molecule has 1 aromatic heterocycles. The van der Waals surface area contributed by atoms with E-state index in [1.807, 2.05) is 0 Å². The number of benzene rings is 1. The SMILES string of the molecule is O=C(COC1CCCCC1)NS(=O)(=O)c1cccc2cnccc12. The molecule has 0 bridgehead atoms. The van der Waals surface area contributed by atoms with Gasteiger partial charge in [0.25, 0.3) is 15.9 Å². The first kappa shape index (κ1) is 16.9. The van der Waals surface area contributed by atoms with E-state index in [0.717, 1.165) is 25.7 Å². The van der Waals surface area contributed by atoms with Crippen LogP contribution in [0.5, 0.6) is 0 Å². The van der Waals surface area contributed by atoms with Crippen LogP contribution in [0.3, 0.4) is 0 Å². The summed E-state index contributed by atoms with van der Waals surface area (Å²) in [5.74, 6) is -0.647. The van der Waals surface area contributed by atoms with Crippen molar-refractivity contribution < 1.29 is 17.9 Å². The van der Waals surface area contributed by atoms with Crippen molar-refractivity contribution in [1.29, 1.82) is 0 Å². The fourth-order valence-electron chi connectivity index (χ4n) is 2.99. The van der Waals surface area contributed by atoms with E-state index in [2.05, 4.69) is 9.71 Å². The summed E-state index contributed by atoms with van der Waals surface area (Å²) in [5.41, 5.74) is 0. The zero-order valence-electron chi connectivity index (χ0n) is 13.3. The Labute approximate surface area is 141 Å². The molecule has 1 aliphatic rings. The fraction of sp³-hybridized carbons (Fsp3) is 0.412. The Morgan fingerprint density at radius 3 is 2.79 bits per heavy atom. The largest absolute Gasteiger partial charge is 0.368 e. The third-order valence-electron chi connectivity index (χ3n) is 4.18. The lowest BCUT2D eigenvalue weighted by Gasteiger charge is -2.21. The number of pyridine rings is 1. The molecule has 0 radical (unpaired) electrons. The number of nitrogens with zero attached hydrogens (tertiary/aromatic N) is 1. The van der Waals surface area contributed by atoms with Crippen LogP contribution in [0.15, 0.2) is 41.6 Å². The summed E-state index contributed by atoms with van der Waals surface area (Å²) in [6, 6.07) is 6.49. The average Bonchev–Trinajstić information content (AvgIpc) is 2.60. The van der Waals surface area contributed by atoms with Gasteiger partial charge in [0.1, 0.15) is 6.61 Å². The number of fused-ring (bicyclic) bond motifs is 1. The summed E-state index contributed by atoms with van der Waals surface area (Å²) < 4.78 is 32.6. The summed E-state index contributed by atoms with van der Waals surface area (Å²) in [5, 5.41) is 1.23. The van der Waals surface area contributed by atoms with Crippen LogP contribution in [-0.4, -0.2) is 32.0 Å². The quantitative estimate of drug-likeness (QED) is 0.897. The fourth-order valence-corrected chi connectivity index (χ4v) is 4.19.